The van der Waals surface area contributed by atoms with Crippen LogP contribution < -0.4 is 10.6 Å². The molecule has 6 atom stereocenters. The number of β-amino-alcohol motifs (C(OH)–C–C–N with tert-alkyl or cyclic N) is 1. The first-order valence-corrected chi connectivity index (χ1v) is 11.4. The van der Waals surface area contributed by atoms with Gasteiger partial charge in [0.05, 0.1) is 23.2 Å². The number of alkyl halides is 1. The molecule has 0 aromatic rings. The van der Waals surface area contributed by atoms with Gasteiger partial charge in [-0.05, 0) is 26.7 Å². The number of hydrogen-bond donors (Lipinski definition) is 3. The third-order valence-electron chi connectivity index (χ3n) is 5.66. The molecule has 27 heavy (non-hydrogen) atoms. The normalized spacial score (nSPS) is 37.0. The van der Waals surface area contributed by atoms with Crippen molar-refractivity contribution in [2.45, 2.75) is 60.5 Å². The summed E-state index contributed by atoms with van der Waals surface area (Å²) in [5.41, 5.74) is 0. The van der Waals surface area contributed by atoms with Gasteiger partial charge in [0, 0.05) is 29.2 Å². The van der Waals surface area contributed by atoms with Crippen LogP contribution in [0.25, 0.3) is 0 Å². The van der Waals surface area contributed by atoms with Crippen LogP contribution in [0.4, 0.5) is 0 Å². The monoisotopic (exact) mass is 461 g/mol. The molecular formula is C18H28BrN3O4S. The van der Waals surface area contributed by atoms with Crippen LogP contribution in [0.3, 0.4) is 0 Å². The van der Waals surface area contributed by atoms with E-state index in [9.17, 15) is 19.5 Å². The van der Waals surface area contributed by atoms with Crippen molar-refractivity contribution in [1.29, 1.82) is 0 Å². The van der Waals surface area contributed by atoms with E-state index in [0.717, 1.165) is 6.42 Å². The van der Waals surface area contributed by atoms with Crippen LogP contribution in [-0.2, 0) is 14.4 Å². The van der Waals surface area contributed by atoms with Gasteiger partial charge in [-0.3, -0.25) is 14.4 Å². The van der Waals surface area contributed by atoms with Crippen LogP contribution >= 0.6 is 27.7 Å². The SMILES string of the molecule is CCCNC(=O)[C@H]1[C@H]2C(=O)N(CCO)C(C(=O)NC(C)C)C23CC(Br)[C@@H]1S3. The minimum atomic E-state index is -0.663. The lowest BCUT2D eigenvalue weighted by Gasteiger charge is -2.35. The predicted molar refractivity (Wildman–Crippen MR) is 108 cm³/mol. The summed E-state index contributed by atoms with van der Waals surface area (Å²) >= 11 is 5.31. The first kappa shape index (κ1) is 20.9. The molecule has 0 aromatic carbocycles. The molecule has 3 rings (SSSR count). The van der Waals surface area contributed by atoms with Gasteiger partial charge in [0.1, 0.15) is 6.04 Å². The quantitative estimate of drug-likeness (QED) is 0.479. The van der Waals surface area contributed by atoms with Gasteiger partial charge < -0.3 is 20.6 Å². The number of nitrogens with zero attached hydrogens (tertiary/aromatic N) is 1. The Labute approximate surface area is 172 Å². The van der Waals surface area contributed by atoms with E-state index in [1.807, 2.05) is 20.8 Å². The Morgan fingerprint density at radius 1 is 1.41 bits per heavy atom. The summed E-state index contributed by atoms with van der Waals surface area (Å²) in [7, 11) is 0. The molecule has 1 spiro atoms. The van der Waals surface area contributed by atoms with Gasteiger partial charge in [-0.25, -0.2) is 0 Å². The number of aliphatic hydroxyl groups is 1. The van der Waals surface area contributed by atoms with E-state index in [-0.39, 0.29) is 47.0 Å². The van der Waals surface area contributed by atoms with Gasteiger partial charge in [0.15, 0.2) is 0 Å². The van der Waals surface area contributed by atoms with Crippen LogP contribution in [0.5, 0.6) is 0 Å². The zero-order chi connectivity index (χ0) is 19.9. The zero-order valence-corrected chi connectivity index (χ0v) is 18.3. The highest BCUT2D eigenvalue weighted by Gasteiger charge is 2.75. The average molecular weight is 462 g/mol. The number of carbonyl (C=O) groups is 3. The smallest absolute Gasteiger partial charge is 0.244 e. The van der Waals surface area contributed by atoms with Crippen LogP contribution in [0.15, 0.2) is 0 Å². The fourth-order valence-electron chi connectivity index (χ4n) is 4.81. The molecule has 0 saturated carbocycles. The van der Waals surface area contributed by atoms with Gasteiger partial charge in [-0.15, -0.1) is 11.8 Å². The Morgan fingerprint density at radius 3 is 2.70 bits per heavy atom. The van der Waals surface area contributed by atoms with Crippen molar-refractivity contribution in [2.24, 2.45) is 11.8 Å². The lowest BCUT2D eigenvalue weighted by atomic mass is 9.70. The van der Waals surface area contributed by atoms with Crippen molar-refractivity contribution >= 4 is 45.4 Å². The molecule has 3 saturated heterocycles. The third kappa shape index (κ3) is 3.29. The maximum atomic E-state index is 13.3. The Bertz CT molecular complexity index is 634. The van der Waals surface area contributed by atoms with E-state index in [2.05, 4.69) is 26.6 Å². The molecular weight excluding hydrogens is 434 g/mol. The second kappa shape index (κ2) is 7.91. The molecule has 0 aromatic heterocycles. The number of hydrogen-bond acceptors (Lipinski definition) is 5. The highest BCUT2D eigenvalue weighted by atomic mass is 79.9. The molecule has 3 aliphatic rings. The summed E-state index contributed by atoms with van der Waals surface area (Å²) in [4.78, 5) is 40.8. The molecule has 3 fully saturated rings. The molecule has 0 aliphatic carbocycles. The van der Waals surface area contributed by atoms with Gasteiger partial charge in [-0.1, -0.05) is 22.9 Å². The zero-order valence-electron chi connectivity index (χ0n) is 15.9. The van der Waals surface area contributed by atoms with Gasteiger partial charge in [-0.2, -0.15) is 0 Å². The second-order valence-corrected chi connectivity index (χ2v) is 10.6. The number of carbonyl (C=O) groups excluding carboxylic acids is 3. The van der Waals surface area contributed by atoms with E-state index < -0.39 is 22.6 Å². The predicted octanol–water partition coefficient (Wildman–Crippen LogP) is 0.494. The minimum Gasteiger partial charge on any atom is -0.395 e. The van der Waals surface area contributed by atoms with Crippen molar-refractivity contribution in [3.63, 3.8) is 0 Å². The highest BCUT2D eigenvalue weighted by molar-refractivity contribution is 9.09. The number of thioether (sulfide) groups is 1. The Hall–Kier alpha value is -0.800. The number of rotatable bonds is 7. The van der Waals surface area contributed by atoms with E-state index in [0.29, 0.717) is 13.0 Å². The summed E-state index contributed by atoms with van der Waals surface area (Å²) in [6, 6.07) is -0.713. The summed E-state index contributed by atoms with van der Waals surface area (Å²) in [6.07, 6.45) is 1.49. The first-order chi connectivity index (χ1) is 12.8. The third-order valence-corrected chi connectivity index (χ3v) is 8.88. The van der Waals surface area contributed by atoms with Crippen molar-refractivity contribution in [1.82, 2.24) is 15.5 Å². The van der Waals surface area contributed by atoms with Crippen molar-refractivity contribution in [3.05, 3.63) is 0 Å². The number of amides is 3. The Kier molecular flexibility index (Phi) is 6.13. The fourth-order valence-corrected chi connectivity index (χ4v) is 8.42. The first-order valence-electron chi connectivity index (χ1n) is 9.59. The molecule has 7 nitrogen and oxygen atoms in total. The van der Waals surface area contributed by atoms with Crippen LogP contribution in [0.2, 0.25) is 0 Å². The molecule has 0 radical (unpaired) electrons. The summed E-state index contributed by atoms with van der Waals surface area (Å²) in [6.45, 7) is 6.22. The molecule has 3 unspecified atom stereocenters. The molecule has 3 N–H and O–H groups in total. The fraction of sp³-hybridized carbons (Fsp3) is 0.833. The van der Waals surface area contributed by atoms with Crippen LogP contribution in [-0.4, -0.2) is 74.3 Å². The molecule has 152 valence electrons. The van der Waals surface area contributed by atoms with E-state index in [4.69, 9.17) is 0 Å². The van der Waals surface area contributed by atoms with Gasteiger partial charge in [0.2, 0.25) is 17.7 Å². The van der Waals surface area contributed by atoms with E-state index in [1.54, 1.807) is 11.8 Å². The molecule has 9 heteroatoms. The topological polar surface area (TPSA) is 98.7 Å². The van der Waals surface area contributed by atoms with Crippen LogP contribution in [0.1, 0.15) is 33.6 Å². The van der Waals surface area contributed by atoms with Crippen molar-refractivity contribution in [3.8, 4) is 0 Å². The lowest BCUT2D eigenvalue weighted by molar-refractivity contribution is -0.140. The largest absolute Gasteiger partial charge is 0.395 e. The second-order valence-electron chi connectivity index (χ2n) is 7.87. The Morgan fingerprint density at radius 2 is 2.11 bits per heavy atom. The number of nitrogens with one attached hydrogen (secondary N) is 2. The lowest BCUT2D eigenvalue weighted by Crippen LogP contribution is -2.56. The summed E-state index contributed by atoms with van der Waals surface area (Å²) < 4.78 is -0.627. The number of likely N-dealkylation sites (tertiary alicyclic amines) is 1. The molecule has 3 heterocycles. The van der Waals surface area contributed by atoms with Crippen LogP contribution in [0, 0.1) is 11.8 Å². The van der Waals surface area contributed by atoms with E-state index in [1.165, 1.54) is 4.90 Å². The Balaban J connectivity index is 1.98. The molecule has 2 bridgehead atoms. The average Bonchev–Trinajstić information content (AvgIpc) is 3.17. The standard InChI is InChI=1S/C18H28BrN3O4S/c1-4-5-20-15(24)11-12-17(26)22(6-7-23)14(16(25)21-9(2)3)18(12)8-10(19)13(11)27-18/h9-14,23H,4-8H2,1-3H3,(H,20,24)(H,21,25)/t10?,11-,12-,13-,14?,18?/m0/s1. The van der Waals surface area contributed by atoms with E-state index >= 15 is 0 Å². The minimum absolute atomic E-state index is 0.0265. The number of fused-ring (bicyclic) bond motifs is 1. The van der Waals surface area contributed by atoms with Crippen molar-refractivity contribution in [2.75, 3.05) is 19.7 Å². The summed E-state index contributed by atoms with van der Waals surface area (Å²) in [5, 5.41) is 15.3. The summed E-state index contributed by atoms with van der Waals surface area (Å²) in [5.74, 6) is -1.46. The highest BCUT2D eigenvalue weighted by Crippen LogP contribution is 2.67. The molecule has 3 amide bonds. The van der Waals surface area contributed by atoms with Gasteiger partial charge in [0.25, 0.3) is 0 Å². The number of halogens is 1. The maximum Gasteiger partial charge on any atom is 0.244 e. The van der Waals surface area contributed by atoms with Crippen molar-refractivity contribution < 1.29 is 19.5 Å². The van der Waals surface area contributed by atoms with Gasteiger partial charge >= 0.3 is 0 Å². The molecule has 3 aliphatic heterocycles. The maximum absolute atomic E-state index is 13.3. The number of aliphatic hydroxyl groups excluding tert-OH is 1.